The largest absolute Gasteiger partial charge is 0.481 e. The maximum atomic E-state index is 5.59. The van der Waals surface area contributed by atoms with E-state index < -0.39 is 8.07 Å². The predicted molar refractivity (Wildman–Crippen MR) is 77.1 cm³/mol. The summed E-state index contributed by atoms with van der Waals surface area (Å²) in [6.45, 7) is 10.2. The van der Waals surface area contributed by atoms with Crippen LogP contribution in [-0.2, 0) is 11.3 Å². The zero-order valence-corrected chi connectivity index (χ0v) is 12.8. The van der Waals surface area contributed by atoms with Crippen molar-refractivity contribution in [2.24, 2.45) is 0 Å². The smallest absolute Gasteiger partial charge is 0.219 e. The highest BCUT2D eigenvalue weighted by molar-refractivity contribution is 6.88. The van der Waals surface area contributed by atoms with Gasteiger partial charge in [-0.3, -0.25) is 0 Å². The lowest BCUT2D eigenvalue weighted by Crippen LogP contribution is -2.41. The molecule has 0 unspecified atom stereocenters. The second-order valence-corrected chi connectivity index (χ2v) is 10.6. The van der Waals surface area contributed by atoms with Crippen LogP contribution in [0.3, 0.4) is 0 Å². The SMILES string of the molecule is CC=C1COCc2c1cc([Si](C)(C)C)nc2OC. The number of fused-ring (bicyclic) bond motifs is 1. The lowest BCUT2D eigenvalue weighted by molar-refractivity contribution is 0.143. The molecule has 0 saturated carbocycles. The summed E-state index contributed by atoms with van der Waals surface area (Å²) in [5.74, 6) is 0.726. The molecule has 4 heteroatoms. The van der Waals surface area contributed by atoms with E-state index in [1.165, 1.54) is 16.5 Å². The lowest BCUT2D eigenvalue weighted by Gasteiger charge is -2.25. The van der Waals surface area contributed by atoms with Gasteiger partial charge >= 0.3 is 0 Å². The Labute approximate surface area is 110 Å². The molecular formula is C14H21NO2Si. The Kier molecular flexibility index (Phi) is 3.59. The third-order valence-electron chi connectivity index (χ3n) is 3.25. The molecule has 0 atom stereocenters. The van der Waals surface area contributed by atoms with Crippen LogP contribution in [0.5, 0.6) is 5.88 Å². The number of methoxy groups -OCH3 is 1. The number of aromatic nitrogens is 1. The normalized spacial score (nSPS) is 17.7. The molecule has 0 amide bonds. The monoisotopic (exact) mass is 263 g/mol. The third-order valence-corrected chi connectivity index (χ3v) is 5.04. The molecule has 0 fully saturated rings. The van der Waals surface area contributed by atoms with Gasteiger partial charge in [0.1, 0.15) is 8.07 Å². The van der Waals surface area contributed by atoms with Gasteiger partial charge in [0.05, 0.1) is 20.3 Å². The molecule has 0 spiro atoms. The molecule has 3 nitrogen and oxygen atoms in total. The fourth-order valence-electron chi connectivity index (χ4n) is 2.11. The van der Waals surface area contributed by atoms with Crippen LogP contribution >= 0.6 is 0 Å². The highest BCUT2D eigenvalue weighted by atomic mass is 28.3. The number of pyridine rings is 1. The molecule has 0 aromatic carbocycles. The number of ether oxygens (including phenoxy) is 2. The van der Waals surface area contributed by atoms with Gasteiger partial charge < -0.3 is 9.47 Å². The van der Waals surface area contributed by atoms with Gasteiger partial charge in [-0.2, -0.15) is 0 Å². The quantitative estimate of drug-likeness (QED) is 0.769. The summed E-state index contributed by atoms with van der Waals surface area (Å²) in [5, 5.41) is 1.19. The van der Waals surface area contributed by atoms with Crippen molar-refractivity contribution in [2.45, 2.75) is 33.2 Å². The summed E-state index contributed by atoms with van der Waals surface area (Å²) in [6, 6.07) is 2.24. The maximum absolute atomic E-state index is 5.59. The Morgan fingerprint density at radius 2 is 2.06 bits per heavy atom. The molecule has 18 heavy (non-hydrogen) atoms. The summed E-state index contributed by atoms with van der Waals surface area (Å²) >= 11 is 0. The second-order valence-electron chi connectivity index (χ2n) is 5.60. The second kappa shape index (κ2) is 4.86. The first kappa shape index (κ1) is 13.3. The minimum absolute atomic E-state index is 0.592. The van der Waals surface area contributed by atoms with Gasteiger partial charge in [0.15, 0.2) is 0 Å². The molecule has 1 aliphatic heterocycles. The van der Waals surface area contributed by atoms with E-state index in [9.17, 15) is 0 Å². The van der Waals surface area contributed by atoms with Gasteiger partial charge in [0.2, 0.25) is 5.88 Å². The van der Waals surface area contributed by atoms with Crippen LogP contribution in [0.1, 0.15) is 18.1 Å². The first-order chi connectivity index (χ1) is 8.47. The number of hydrogen-bond acceptors (Lipinski definition) is 3. The van der Waals surface area contributed by atoms with Crippen LogP contribution in [0.2, 0.25) is 19.6 Å². The van der Waals surface area contributed by atoms with E-state index in [0.29, 0.717) is 13.2 Å². The van der Waals surface area contributed by atoms with E-state index in [1.54, 1.807) is 7.11 Å². The van der Waals surface area contributed by atoms with E-state index in [-0.39, 0.29) is 0 Å². The standard InChI is InChI=1S/C14H21NO2Si/c1-6-10-8-17-9-12-11(10)7-13(18(3,4)5)15-14(12)16-2/h6-7H,8-9H2,1-5H3. The number of rotatable bonds is 2. The molecule has 1 aromatic heterocycles. The molecule has 98 valence electrons. The van der Waals surface area contributed by atoms with Crippen molar-refractivity contribution in [3.8, 4) is 5.88 Å². The summed E-state index contributed by atoms with van der Waals surface area (Å²) in [5.41, 5.74) is 3.57. The number of hydrogen-bond donors (Lipinski definition) is 0. The van der Waals surface area contributed by atoms with Gasteiger partial charge in [-0.1, -0.05) is 25.7 Å². The first-order valence-electron chi connectivity index (χ1n) is 6.29. The Morgan fingerprint density at radius 3 is 2.61 bits per heavy atom. The number of nitrogens with zero attached hydrogens (tertiary/aromatic N) is 1. The summed E-state index contributed by atoms with van der Waals surface area (Å²) in [7, 11) is 0.239. The van der Waals surface area contributed by atoms with Gasteiger partial charge in [-0.15, -0.1) is 0 Å². The molecule has 0 bridgehead atoms. The maximum Gasteiger partial charge on any atom is 0.219 e. The van der Waals surface area contributed by atoms with Crippen molar-refractivity contribution in [3.63, 3.8) is 0 Å². The van der Waals surface area contributed by atoms with Gasteiger partial charge in [0.25, 0.3) is 0 Å². The highest BCUT2D eigenvalue weighted by Gasteiger charge is 2.25. The van der Waals surface area contributed by atoms with Crippen molar-refractivity contribution >= 4 is 19.0 Å². The van der Waals surface area contributed by atoms with Gasteiger partial charge in [-0.25, -0.2) is 4.98 Å². The average molecular weight is 263 g/mol. The summed E-state index contributed by atoms with van der Waals surface area (Å²) in [6.07, 6.45) is 2.12. The summed E-state index contributed by atoms with van der Waals surface area (Å²) < 4.78 is 11.0. The first-order valence-corrected chi connectivity index (χ1v) is 9.79. The zero-order valence-electron chi connectivity index (χ0n) is 11.8. The van der Waals surface area contributed by atoms with Crippen molar-refractivity contribution in [2.75, 3.05) is 13.7 Å². The molecule has 2 rings (SSSR count). The molecule has 1 aromatic rings. The average Bonchev–Trinajstić information content (AvgIpc) is 2.35. The predicted octanol–water partition coefficient (Wildman–Crippen LogP) is 2.57. The van der Waals surface area contributed by atoms with E-state index in [1.807, 2.05) is 0 Å². The summed E-state index contributed by atoms with van der Waals surface area (Å²) in [4.78, 5) is 4.68. The van der Waals surface area contributed by atoms with Gasteiger partial charge in [0, 0.05) is 10.9 Å². The highest BCUT2D eigenvalue weighted by Crippen LogP contribution is 2.30. The molecule has 0 aliphatic carbocycles. The Balaban J connectivity index is 2.64. The molecule has 2 heterocycles. The van der Waals surface area contributed by atoms with Crippen LogP contribution in [0.25, 0.3) is 5.57 Å². The molecule has 1 aliphatic rings. The van der Waals surface area contributed by atoms with Crippen molar-refractivity contribution in [3.05, 3.63) is 23.3 Å². The van der Waals surface area contributed by atoms with Crippen LogP contribution in [0.4, 0.5) is 0 Å². The van der Waals surface area contributed by atoms with E-state index in [4.69, 9.17) is 9.47 Å². The third kappa shape index (κ3) is 2.35. The number of allylic oxidation sites excluding steroid dienone is 1. The molecular weight excluding hydrogens is 242 g/mol. The molecule has 0 radical (unpaired) electrons. The zero-order chi connectivity index (χ0) is 13.3. The van der Waals surface area contributed by atoms with E-state index in [2.05, 4.69) is 43.7 Å². The van der Waals surface area contributed by atoms with Crippen LogP contribution < -0.4 is 10.1 Å². The fraction of sp³-hybridized carbons (Fsp3) is 0.500. The van der Waals surface area contributed by atoms with E-state index >= 15 is 0 Å². The van der Waals surface area contributed by atoms with Crippen LogP contribution in [-0.4, -0.2) is 26.8 Å². The Morgan fingerprint density at radius 1 is 1.33 bits per heavy atom. The van der Waals surface area contributed by atoms with Crippen molar-refractivity contribution in [1.29, 1.82) is 0 Å². The fourth-order valence-corrected chi connectivity index (χ4v) is 3.12. The molecule has 0 saturated heterocycles. The topological polar surface area (TPSA) is 31.4 Å². The Bertz CT molecular complexity index is 489. The Hall–Kier alpha value is -1.13. The van der Waals surface area contributed by atoms with Crippen LogP contribution in [0.15, 0.2) is 12.1 Å². The van der Waals surface area contributed by atoms with Gasteiger partial charge in [-0.05, 0) is 24.1 Å². The van der Waals surface area contributed by atoms with Crippen molar-refractivity contribution in [1.82, 2.24) is 4.98 Å². The lowest BCUT2D eigenvalue weighted by atomic mass is 10.00. The van der Waals surface area contributed by atoms with Crippen LogP contribution in [0, 0.1) is 0 Å². The van der Waals surface area contributed by atoms with Crippen molar-refractivity contribution < 1.29 is 9.47 Å². The van der Waals surface area contributed by atoms with E-state index in [0.717, 1.165) is 11.4 Å². The minimum Gasteiger partial charge on any atom is -0.481 e. The minimum atomic E-state index is -1.44. The molecule has 0 N–H and O–H groups in total.